The molecule has 0 aliphatic heterocycles. The number of halogens is 1. The number of nitrogens with one attached hydrogen (secondary N) is 1. The van der Waals surface area contributed by atoms with Gasteiger partial charge in [0.15, 0.2) is 0 Å². The maximum Gasteiger partial charge on any atom is 0.251 e. The maximum atomic E-state index is 13.3. The van der Waals surface area contributed by atoms with Gasteiger partial charge in [-0.15, -0.1) is 0 Å². The summed E-state index contributed by atoms with van der Waals surface area (Å²) in [5.41, 5.74) is 2.68. The minimum absolute atomic E-state index is 0.169. The third-order valence-corrected chi connectivity index (χ3v) is 5.62. The Labute approximate surface area is 192 Å². The van der Waals surface area contributed by atoms with Gasteiger partial charge >= 0.3 is 0 Å². The summed E-state index contributed by atoms with van der Waals surface area (Å²) in [7, 11) is 1.60. The smallest absolute Gasteiger partial charge is 0.251 e. The van der Waals surface area contributed by atoms with Crippen LogP contribution in [0.25, 0.3) is 11.4 Å². The first-order valence-electron chi connectivity index (χ1n) is 10.7. The van der Waals surface area contributed by atoms with Crippen molar-refractivity contribution in [3.05, 3.63) is 108 Å². The first kappa shape index (κ1) is 22.3. The molecule has 0 radical (unpaired) electrons. The zero-order chi connectivity index (χ0) is 23.4. The molecule has 0 aliphatic carbocycles. The second-order valence-electron chi connectivity index (χ2n) is 8.36. The summed E-state index contributed by atoms with van der Waals surface area (Å²) in [6.45, 7) is 4.40. The summed E-state index contributed by atoms with van der Waals surface area (Å²) < 4.78 is 20.8. The number of hydrogen-bond donors (Lipinski definition) is 1. The molecule has 1 aromatic heterocycles. The molecule has 0 spiro atoms. The number of rotatable bonds is 7. The maximum absolute atomic E-state index is 13.3. The number of ether oxygens (including phenoxy) is 1. The largest absolute Gasteiger partial charge is 0.496 e. The van der Waals surface area contributed by atoms with Crippen LogP contribution in [0.4, 0.5) is 4.39 Å². The lowest BCUT2D eigenvalue weighted by molar-refractivity contribution is 0.0912. The summed E-state index contributed by atoms with van der Waals surface area (Å²) in [4.78, 5) is 17.5. The van der Waals surface area contributed by atoms with E-state index < -0.39 is 5.54 Å². The van der Waals surface area contributed by atoms with E-state index in [0.717, 1.165) is 16.7 Å². The van der Waals surface area contributed by atoms with Crippen molar-refractivity contribution in [3.63, 3.8) is 0 Å². The topological polar surface area (TPSA) is 56.1 Å². The highest BCUT2D eigenvalue weighted by Crippen LogP contribution is 2.26. The number of aromatic nitrogens is 2. The van der Waals surface area contributed by atoms with Crippen LogP contribution < -0.4 is 10.1 Å². The van der Waals surface area contributed by atoms with Crippen LogP contribution in [-0.2, 0) is 12.1 Å². The molecule has 0 bridgehead atoms. The molecule has 3 aromatic carbocycles. The van der Waals surface area contributed by atoms with Gasteiger partial charge in [0, 0.05) is 29.1 Å². The van der Waals surface area contributed by atoms with Crippen molar-refractivity contribution in [2.75, 3.05) is 7.11 Å². The molecule has 0 saturated carbocycles. The molecule has 1 amide bonds. The van der Waals surface area contributed by atoms with Crippen molar-refractivity contribution >= 4 is 5.91 Å². The van der Waals surface area contributed by atoms with Crippen molar-refractivity contribution in [2.45, 2.75) is 25.9 Å². The van der Waals surface area contributed by atoms with Crippen LogP contribution in [0.15, 0.2) is 85.2 Å². The molecule has 0 fully saturated rings. The lowest BCUT2D eigenvalue weighted by Crippen LogP contribution is -2.41. The zero-order valence-corrected chi connectivity index (χ0v) is 18.9. The monoisotopic (exact) mass is 443 g/mol. The number of amides is 1. The standard InChI is InChI=1S/C27H26FN3O2/c1-27(2,22-7-5-4-6-8-22)30-26(32)20-11-14-24(33-3)21(17-20)18-31-16-15-29-25(31)19-9-12-23(28)13-10-19/h4-17H,18H2,1-3H3,(H,30,32). The van der Waals surface area contributed by atoms with E-state index in [9.17, 15) is 9.18 Å². The molecule has 1 N–H and O–H groups in total. The minimum atomic E-state index is -0.529. The number of methoxy groups -OCH3 is 1. The summed E-state index contributed by atoms with van der Waals surface area (Å²) in [5, 5.41) is 3.12. The second kappa shape index (κ2) is 9.28. The van der Waals surface area contributed by atoms with Crippen molar-refractivity contribution in [3.8, 4) is 17.1 Å². The minimum Gasteiger partial charge on any atom is -0.496 e. The van der Waals surface area contributed by atoms with E-state index in [1.165, 1.54) is 12.1 Å². The molecule has 4 aromatic rings. The average Bonchev–Trinajstić information content (AvgIpc) is 3.28. The predicted molar refractivity (Wildman–Crippen MR) is 127 cm³/mol. The quantitative estimate of drug-likeness (QED) is 0.415. The van der Waals surface area contributed by atoms with E-state index in [0.29, 0.717) is 23.7 Å². The average molecular weight is 444 g/mol. The number of carbonyl (C=O) groups is 1. The number of nitrogens with zero attached hydrogens (tertiary/aromatic N) is 2. The normalized spacial score (nSPS) is 11.3. The van der Waals surface area contributed by atoms with Gasteiger partial charge in [0.2, 0.25) is 0 Å². The molecule has 33 heavy (non-hydrogen) atoms. The second-order valence-corrected chi connectivity index (χ2v) is 8.36. The van der Waals surface area contributed by atoms with E-state index in [2.05, 4.69) is 10.3 Å². The predicted octanol–water partition coefficient (Wildman–Crippen LogP) is 5.41. The number of hydrogen-bond acceptors (Lipinski definition) is 3. The molecule has 1 heterocycles. The van der Waals surface area contributed by atoms with Crippen LogP contribution >= 0.6 is 0 Å². The van der Waals surface area contributed by atoms with E-state index in [1.807, 2.05) is 61.0 Å². The summed E-state index contributed by atoms with van der Waals surface area (Å²) in [6.07, 6.45) is 3.55. The Morgan fingerprint density at radius 1 is 1.06 bits per heavy atom. The summed E-state index contributed by atoms with van der Waals surface area (Å²) in [5.74, 6) is 0.914. The molecule has 168 valence electrons. The van der Waals surface area contributed by atoms with E-state index >= 15 is 0 Å². The Bertz CT molecular complexity index is 1250. The highest BCUT2D eigenvalue weighted by atomic mass is 19.1. The summed E-state index contributed by atoms with van der Waals surface area (Å²) in [6, 6.07) is 21.5. The third kappa shape index (κ3) is 4.95. The van der Waals surface area contributed by atoms with Gasteiger partial charge in [-0.25, -0.2) is 9.37 Å². The molecular formula is C27H26FN3O2. The van der Waals surface area contributed by atoms with Crippen LogP contribution in [0.1, 0.15) is 35.3 Å². The van der Waals surface area contributed by atoms with Crippen LogP contribution in [0, 0.1) is 5.82 Å². The van der Waals surface area contributed by atoms with Crippen molar-refractivity contribution in [1.29, 1.82) is 0 Å². The van der Waals surface area contributed by atoms with Crippen molar-refractivity contribution in [1.82, 2.24) is 14.9 Å². The Morgan fingerprint density at radius 3 is 2.48 bits per heavy atom. The van der Waals surface area contributed by atoms with Gasteiger partial charge in [-0.05, 0) is 61.9 Å². The molecule has 0 atom stereocenters. The van der Waals surface area contributed by atoms with Crippen LogP contribution in [0.3, 0.4) is 0 Å². The van der Waals surface area contributed by atoms with Crippen LogP contribution in [0.5, 0.6) is 5.75 Å². The molecule has 5 nitrogen and oxygen atoms in total. The van der Waals surface area contributed by atoms with Gasteiger partial charge in [-0.2, -0.15) is 0 Å². The van der Waals surface area contributed by atoms with Crippen molar-refractivity contribution in [2.24, 2.45) is 0 Å². The van der Waals surface area contributed by atoms with Gasteiger partial charge in [-0.1, -0.05) is 30.3 Å². The Kier molecular flexibility index (Phi) is 6.27. The highest BCUT2D eigenvalue weighted by Gasteiger charge is 2.24. The summed E-state index contributed by atoms with van der Waals surface area (Å²) >= 11 is 0. The molecule has 0 unspecified atom stereocenters. The highest BCUT2D eigenvalue weighted by molar-refractivity contribution is 5.95. The lowest BCUT2D eigenvalue weighted by Gasteiger charge is -2.27. The van der Waals surface area contributed by atoms with Gasteiger partial charge in [0.05, 0.1) is 19.2 Å². The fraction of sp³-hybridized carbons (Fsp3) is 0.185. The fourth-order valence-corrected chi connectivity index (χ4v) is 3.81. The van der Waals surface area contributed by atoms with Crippen LogP contribution in [-0.4, -0.2) is 22.6 Å². The Morgan fingerprint density at radius 2 is 1.79 bits per heavy atom. The lowest BCUT2D eigenvalue weighted by atomic mass is 9.94. The SMILES string of the molecule is COc1ccc(C(=O)NC(C)(C)c2ccccc2)cc1Cn1ccnc1-c1ccc(F)cc1. The zero-order valence-electron chi connectivity index (χ0n) is 18.9. The molecule has 4 rings (SSSR count). The van der Waals surface area contributed by atoms with Crippen molar-refractivity contribution < 1.29 is 13.9 Å². The Hall–Kier alpha value is -3.93. The molecule has 6 heteroatoms. The van der Waals surface area contributed by atoms with Gasteiger partial charge < -0.3 is 14.6 Å². The van der Waals surface area contributed by atoms with E-state index in [-0.39, 0.29) is 11.7 Å². The first-order valence-corrected chi connectivity index (χ1v) is 10.7. The fourth-order valence-electron chi connectivity index (χ4n) is 3.81. The third-order valence-electron chi connectivity index (χ3n) is 5.62. The van der Waals surface area contributed by atoms with Crippen LogP contribution in [0.2, 0.25) is 0 Å². The van der Waals surface area contributed by atoms with E-state index in [1.54, 1.807) is 37.6 Å². The number of benzene rings is 3. The Balaban J connectivity index is 1.60. The van der Waals surface area contributed by atoms with Gasteiger partial charge in [0.25, 0.3) is 5.91 Å². The molecule has 0 aliphatic rings. The molecular weight excluding hydrogens is 417 g/mol. The van der Waals surface area contributed by atoms with E-state index in [4.69, 9.17) is 4.74 Å². The number of imidazole rings is 1. The van der Waals surface area contributed by atoms with Gasteiger partial charge in [0.1, 0.15) is 17.4 Å². The van der Waals surface area contributed by atoms with Gasteiger partial charge in [-0.3, -0.25) is 4.79 Å². The molecule has 0 saturated heterocycles. The number of carbonyl (C=O) groups excluding carboxylic acids is 1. The first-order chi connectivity index (χ1) is 15.9.